The van der Waals surface area contributed by atoms with Gasteiger partial charge >= 0.3 is 12.5 Å². The van der Waals surface area contributed by atoms with Crippen LogP contribution in [0.15, 0.2) is 53.3 Å². The van der Waals surface area contributed by atoms with Crippen molar-refractivity contribution >= 4 is 11.9 Å². The molecule has 0 fully saturated rings. The number of halogens is 6. The molecule has 0 radical (unpaired) electrons. The van der Waals surface area contributed by atoms with Gasteiger partial charge in [-0.1, -0.05) is 12.1 Å². The zero-order chi connectivity index (χ0) is 28.5. The smallest absolute Gasteiger partial charge is 0.411 e. The Morgan fingerprint density at radius 3 is 2.23 bits per heavy atom. The number of nitrogens with one attached hydrogen (secondary N) is 1. The molecule has 1 aliphatic rings. The molecule has 1 N–H and O–H groups in total. The summed E-state index contributed by atoms with van der Waals surface area (Å²) in [7, 11) is 1.24. The van der Waals surface area contributed by atoms with Gasteiger partial charge in [0.15, 0.2) is 0 Å². The topological polar surface area (TPSA) is 85.7 Å². The van der Waals surface area contributed by atoms with Gasteiger partial charge in [-0.3, -0.25) is 9.59 Å². The third-order valence-electron chi connectivity index (χ3n) is 6.08. The lowest BCUT2D eigenvalue weighted by Crippen LogP contribution is -2.42. The third-order valence-corrected chi connectivity index (χ3v) is 6.08. The number of nitrogens with zero attached hydrogens (tertiary/aromatic N) is 3. The van der Waals surface area contributed by atoms with Crippen molar-refractivity contribution in [3.8, 4) is 5.75 Å². The van der Waals surface area contributed by atoms with Crippen molar-refractivity contribution in [1.82, 2.24) is 14.6 Å². The molecule has 208 valence electrons. The summed E-state index contributed by atoms with van der Waals surface area (Å²) in [5, 5.41) is 2.98. The number of carbonyl (C=O) groups excluding carboxylic acids is 1. The number of fused-ring (bicyclic) bond motifs is 1. The zero-order valence-corrected chi connectivity index (χ0v) is 20.6. The predicted molar refractivity (Wildman–Crippen MR) is 126 cm³/mol. The van der Waals surface area contributed by atoms with Crippen LogP contribution >= 0.6 is 0 Å². The fraction of sp³-hybridized carbons (Fsp3) is 0.320. The zero-order valence-electron chi connectivity index (χ0n) is 20.6. The number of benzene rings is 2. The minimum atomic E-state index is -4.86. The number of ether oxygens (including phenoxy) is 1. The maximum atomic E-state index is 13.2. The molecule has 0 spiro atoms. The first-order valence-electron chi connectivity index (χ1n) is 11.5. The van der Waals surface area contributed by atoms with Gasteiger partial charge < -0.3 is 19.8 Å². The maximum Gasteiger partial charge on any atom is 0.573 e. The molecule has 2 heterocycles. The van der Waals surface area contributed by atoms with Gasteiger partial charge in [-0.25, -0.2) is 4.98 Å². The summed E-state index contributed by atoms with van der Waals surface area (Å²) in [4.78, 5) is 37.2. The van der Waals surface area contributed by atoms with E-state index < -0.39 is 41.4 Å². The summed E-state index contributed by atoms with van der Waals surface area (Å²) in [6.45, 7) is 1.75. The Morgan fingerprint density at radius 1 is 1.03 bits per heavy atom. The molecule has 8 nitrogen and oxygen atoms in total. The first-order chi connectivity index (χ1) is 18.3. The largest absolute Gasteiger partial charge is 0.573 e. The van der Waals surface area contributed by atoms with E-state index in [4.69, 9.17) is 4.84 Å². The highest BCUT2D eigenvalue weighted by atomic mass is 19.4. The van der Waals surface area contributed by atoms with Crippen LogP contribution in [-0.2, 0) is 19.1 Å². The Labute approximate surface area is 217 Å². The van der Waals surface area contributed by atoms with Crippen molar-refractivity contribution < 1.29 is 40.7 Å². The quantitative estimate of drug-likeness (QED) is 0.447. The SMILES string of the molecule is COn1c(NC(C)c2ccc(C(F)(F)F)cc2)nc2c(c1=O)CN(C(=O)c1ccc(OC(F)(F)F)cc1)CC2. The number of anilines is 1. The average molecular weight is 556 g/mol. The van der Waals surface area contributed by atoms with E-state index >= 15 is 0 Å². The van der Waals surface area contributed by atoms with E-state index in [0.717, 1.165) is 29.0 Å². The third kappa shape index (κ3) is 6.26. The Kier molecular flexibility index (Phi) is 7.48. The molecule has 2 aromatic carbocycles. The molecule has 0 aliphatic carbocycles. The summed E-state index contributed by atoms with van der Waals surface area (Å²) < 4.78 is 80.4. The van der Waals surface area contributed by atoms with Crippen molar-refractivity contribution in [2.24, 2.45) is 0 Å². The molecule has 1 aliphatic heterocycles. The average Bonchev–Trinajstić information content (AvgIpc) is 2.87. The molecule has 3 aromatic rings. The first-order valence-corrected chi connectivity index (χ1v) is 11.5. The van der Waals surface area contributed by atoms with Crippen LogP contribution < -0.4 is 20.5 Å². The summed E-state index contributed by atoms with van der Waals surface area (Å²) in [5.74, 6) is -0.935. The molecular formula is C25H22F6N4O4. The standard InChI is InChI=1S/C25H22F6N4O4/c1-14(15-3-7-17(8-4-15)24(26,27)28)32-23-33-20-11-12-34(13-19(20)22(37)35(23)38-2)21(36)16-5-9-18(10-6-16)39-25(29,30)31/h3-10,14H,11-13H2,1-2H3,(H,32,33). The van der Waals surface area contributed by atoms with Crippen molar-refractivity contribution in [3.05, 3.63) is 86.8 Å². The number of hydrogen-bond donors (Lipinski definition) is 1. The van der Waals surface area contributed by atoms with Crippen LogP contribution in [0.5, 0.6) is 5.75 Å². The van der Waals surface area contributed by atoms with Crippen LogP contribution in [-0.4, -0.2) is 40.5 Å². The number of amides is 1. The van der Waals surface area contributed by atoms with Crippen molar-refractivity contribution in [1.29, 1.82) is 0 Å². The highest BCUT2D eigenvalue weighted by Gasteiger charge is 2.32. The minimum Gasteiger partial charge on any atom is -0.411 e. The van der Waals surface area contributed by atoms with E-state index in [-0.39, 0.29) is 36.6 Å². The molecule has 0 saturated carbocycles. The summed E-state index contributed by atoms with van der Waals surface area (Å²) >= 11 is 0. The van der Waals surface area contributed by atoms with Crippen LogP contribution in [0.25, 0.3) is 0 Å². The van der Waals surface area contributed by atoms with Crippen molar-refractivity contribution in [3.63, 3.8) is 0 Å². The lowest BCUT2D eigenvalue weighted by atomic mass is 10.0. The second kappa shape index (κ2) is 10.5. The van der Waals surface area contributed by atoms with Crippen LogP contribution in [0.1, 0.15) is 45.7 Å². The van der Waals surface area contributed by atoms with Crippen LogP contribution in [0, 0.1) is 0 Å². The molecule has 0 saturated heterocycles. The predicted octanol–water partition coefficient (Wildman–Crippen LogP) is 4.59. The fourth-order valence-electron chi connectivity index (χ4n) is 4.11. The van der Waals surface area contributed by atoms with E-state index in [1.165, 1.54) is 36.3 Å². The lowest BCUT2D eigenvalue weighted by molar-refractivity contribution is -0.274. The van der Waals surface area contributed by atoms with E-state index in [1.807, 2.05) is 0 Å². The Hall–Kier alpha value is -4.23. The first kappa shape index (κ1) is 27.8. The molecule has 1 aromatic heterocycles. The van der Waals surface area contributed by atoms with Crippen LogP contribution in [0.4, 0.5) is 32.3 Å². The molecule has 4 rings (SSSR count). The monoisotopic (exact) mass is 556 g/mol. The van der Waals surface area contributed by atoms with Gasteiger partial charge in [-0.2, -0.15) is 13.2 Å². The number of hydrogen-bond acceptors (Lipinski definition) is 6. The normalized spacial score (nSPS) is 14.4. The highest BCUT2D eigenvalue weighted by Crippen LogP contribution is 2.30. The number of rotatable bonds is 6. The Bertz CT molecular complexity index is 1400. The second-order valence-corrected chi connectivity index (χ2v) is 8.68. The van der Waals surface area contributed by atoms with Crippen molar-refractivity contribution in [2.45, 2.75) is 38.5 Å². The van der Waals surface area contributed by atoms with Crippen molar-refractivity contribution in [2.75, 3.05) is 19.0 Å². The van der Waals surface area contributed by atoms with Gasteiger partial charge in [0.1, 0.15) is 12.9 Å². The Morgan fingerprint density at radius 2 is 1.67 bits per heavy atom. The van der Waals surface area contributed by atoms with Gasteiger partial charge in [0, 0.05) is 18.5 Å². The van der Waals surface area contributed by atoms with Gasteiger partial charge in [0.2, 0.25) is 5.95 Å². The maximum absolute atomic E-state index is 13.2. The molecule has 0 bridgehead atoms. The summed E-state index contributed by atoms with van der Waals surface area (Å²) in [5.41, 5.74) is -0.146. The lowest BCUT2D eigenvalue weighted by Gasteiger charge is -2.29. The van der Waals surface area contributed by atoms with Gasteiger partial charge in [0.25, 0.3) is 11.5 Å². The van der Waals surface area contributed by atoms with E-state index in [1.54, 1.807) is 6.92 Å². The van der Waals surface area contributed by atoms with E-state index in [9.17, 15) is 35.9 Å². The molecule has 14 heteroatoms. The Balaban J connectivity index is 1.52. The summed E-state index contributed by atoms with van der Waals surface area (Å²) in [6, 6.07) is 8.45. The highest BCUT2D eigenvalue weighted by molar-refractivity contribution is 5.94. The second-order valence-electron chi connectivity index (χ2n) is 8.68. The molecule has 1 amide bonds. The van der Waals surface area contributed by atoms with Gasteiger partial charge in [0.05, 0.1) is 29.4 Å². The number of aromatic nitrogens is 2. The molecule has 1 unspecified atom stereocenters. The number of alkyl halides is 6. The molecular weight excluding hydrogens is 534 g/mol. The van der Waals surface area contributed by atoms with Crippen LogP contribution in [0.2, 0.25) is 0 Å². The molecule has 1 atom stereocenters. The number of carbonyl (C=O) groups is 1. The van der Waals surface area contributed by atoms with E-state index in [2.05, 4.69) is 15.0 Å². The van der Waals surface area contributed by atoms with Gasteiger partial charge in [-0.15, -0.1) is 17.9 Å². The fourth-order valence-corrected chi connectivity index (χ4v) is 4.11. The molecule has 39 heavy (non-hydrogen) atoms. The summed E-state index contributed by atoms with van der Waals surface area (Å²) in [6.07, 6.45) is -9.12. The van der Waals surface area contributed by atoms with Crippen LogP contribution in [0.3, 0.4) is 0 Å². The van der Waals surface area contributed by atoms with Gasteiger partial charge in [-0.05, 0) is 48.9 Å². The van der Waals surface area contributed by atoms with E-state index in [0.29, 0.717) is 11.3 Å². The minimum absolute atomic E-state index is 0.0358.